The quantitative estimate of drug-likeness (QED) is 0.693. The van der Waals surface area contributed by atoms with Crippen molar-refractivity contribution in [3.05, 3.63) is 0 Å². The van der Waals surface area contributed by atoms with Crippen LogP contribution in [0.15, 0.2) is 0 Å². The van der Waals surface area contributed by atoms with Crippen molar-refractivity contribution in [2.75, 3.05) is 6.26 Å². The maximum atomic E-state index is 11.1. The van der Waals surface area contributed by atoms with Crippen LogP contribution in [0.5, 0.6) is 0 Å². The molecule has 0 aromatic heterocycles. The van der Waals surface area contributed by atoms with E-state index in [-0.39, 0.29) is 17.9 Å². The zero-order valence-electron chi connectivity index (χ0n) is 8.99. The van der Waals surface area contributed by atoms with Gasteiger partial charge in [-0.25, -0.2) is 8.42 Å². The lowest BCUT2D eigenvalue weighted by Crippen LogP contribution is -2.41. The molecule has 0 radical (unpaired) electrons. The first-order chi connectivity index (χ1) is 6.02. The average molecular weight is 222 g/mol. The number of carbonyl (C=O) groups is 1. The van der Waals surface area contributed by atoms with Crippen LogP contribution < -0.4 is 10.5 Å². The zero-order valence-corrected chi connectivity index (χ0v) is 9.81. The van der Waals surface area contributed by atoms with Crippen LogP contribution in [0.3, 0.4) is 0 Å². The molecule has 0 spiro atoms. The van der Waals surface area contributed by atoms with E-state index >= 15 is 0 Å². The summed E-state index contributed by atoms with van der Waals surface area (Å²) in [6.45, 7) is 5.68. The molecule has 0 aromatic carbocycles. The summed E-state index contributed by atoms with van der Waals surface area (Å²) < 4.78 is 23.3. The zero-order chi connectivity index (χ0) is 11.6. The number of nitrogens with two attached hydrogens (primary N) is 1. The molecular weight excluding hydrogens is 204 g/mol. The van der Waals surface area contributed by atoms with Crippen molar-refractivity contribution >= 4 is 15.9 Å². The maximum absolute atomic E-state index is 11.1. The first-order valence-electron chi connectivity index (χ1n) is 4.28. The Morgan fingerprint density at radius 3 is 2.14 bits per heavy atom. The minimum absolute atomic E-state index is 0.0105. The largest absolute Gasteiger partial charge is 0.327 e. The Kier molecular flexibility index (Phi) is 4.08. The van der Waals surface area contributed by atoms with E-state index in [0.717, 1.165) is 6.26 Å². The molecule has 1 atom stereocenters. The molecule has 0 aliphatic rings. The van der Waals surface area contributed by atoms with E-state index in [1.807, 2.05) is 25.5 Å². The summed E-state index contributed by atoms with van der Waals surface area (Å²) in [4.78, 5) is 11.1. The second-order valence-corrected chi connectivity index (χ2v) is 6.22. The summed E-state index contributed by atoms with van der Waals surface area (Å²) in [6.07, 6.45) is 0.948. The Morgan fingerprint density at radius 2 is 1.86 bits per heavy atom. The summed E-state index contributed by atoms with van der Waals surface area (Å²) in [7, 11) is -3.47. The van der Waals surface area contributed by atoms with Crippen molar-refractivity contribution in [2.45, 2.75) is 33.2 Å². The van der Waals surface area contributed by atoms with Gasteiger partial charge in [0.2, 0.25) is 15.9 Å². The standard InChI is InChI=1S/C8H18N2O3S/c1-8(2,3)6(9)5-7(11)10-14(4,12)13/h6H,5,9H2,1-4H3,(H,10,11). The molecule has 0 saturated carbocycles. The molecule has 0 bridgehead atoms. The average Bonchev–Trinajstić information content (AvgIpc) is 1.79. The van der Waals surface area contributed by atoms with Crippen molar-refractivity contribution in [1.82, 2.24) is 4.72 Å². The van der Waals surface area contributed by atoms with Crippen LogP contribution in [0.4, 0.5) is 0 Å². The molecule has 84 valence electrons. The predicted octanol–water partition coefficient (Wildman–Crippen LogP) is -0.174. The van der Waals surface area contributed by atoms with Crippen LogP contribution in [0.25, 0.3) is 0 Å². The molecule has 0 saturated heterocycles. The van der Waals surface area contributed by atoms with Gasteiger partial charge in [-0.15, -0.1) is 0 Å². The number of nitrogens with one attached hydrogen (secondary N) is 1. The molecule has 5 nitrogen and oxygen atoms in total. The number of amides is 1. The highest BCUT2D eigenvalue weighted by Gasteiger charge is 2.23. The smallest absolute Gasteiger partial charge is 0.234 e. The predicted molar refractivity (Wildman–Crippen MR) is 55.0 cm³/mol. The third-order valence-electron chi connectivity index (χ3n) is 1.82. The Morgan fingerprint density at radius 1 is 1.43 bits per heavy atom. The molecular formula is C8H18N2O3S. The Hall–Kier alpha value is -0.620. The first kappa shape index (κ1) is 13.4. The summed E-state index contributed by atoms with van der Waals surface area (Å²) in [5.74, 6) is -0.560. The van der Waals surface area contributed by atoms with Gasteiger partial charge in [-0.2, -0.15) is 0 Å². The third-order valence-corrected chi connectivity index (χ3v) is 2.42. The molecule has 3 N–H and O–H groups in total. The second-order valence-electron chi connectivity index (χ2n) is 4.47. The number of carbonyl (C=O) groups excluding carboxylic acids is 1. The summed E-state index contributed by atoms with van der Waals surface area (Å²) >= 11 is 0. The van der Waals surface area contributed by atoms with Crippen molar-refractivity contribution in [1.29, 1.82) is 0 Å². The van der Waals surface area contributed by atoms with Gasteiger partial charge in [-0.3, -0.25) is 9.52 Å². The van der Waals surface area contributed by atoms with E-state index in [4.69, 9.17) is 5.73 Å². The van der Waals surface area contributed by atoms with Crippen LogP contribution in [0, 0.1) is 5.41 Å². The maximum Gasteiger partial charge on any atom is 0.234 e. The van der Waals surface area contributed by atoms with Gasteiger partial charge in [0, 0.05) is 12.5 Å². The highest BCUT2D eigenvalue weighted by atomic mass is 32.2. The van der Waals surface area contributed by atoms with E-state index in [1.165, 1.54) is 0 Å². The van der Waals surface area contributed by atoms with Gasteiger partial charge < -0.3 is 5.73 Å². The molecule has 0 fully saturated rings. The lowest BCUT2D eigenvalue weighted by atomic mass is 9.85. The molecule has 0 heterocycles. The number of hydrogen-bond acceptors (Lipinski definition) is 4. The van der Waals surface area contributed by atoms with Gasteiger partial charge >= 0.3 is 0 Å². The highest BCUT2D eigenvalue weighted by molar-refractivity contribution is 7.89. The van der Waals surface area contributed by atoms with Crippen LogP contribution in [-0.2, 0) is 14.8 Å². The monoisotopic (exact) mass is 222 g/mol. The van der Waals surface area contributed by atoms with E-state index in [2.05, 4.69) is 0 Å². The Labute approximate surface area is 85.1 Å². The fourth-order valence-corrected chi connectivity index (χ4v) is 1.25. The van der Waals surface area contributed by atoms with Crippen molar-refractivity contribution in [3.8, 4) is 0 Å². The number of hydrogen-bond donors (Lipinski definition) is 2. The third kappa shape index (κ3) is 5.93. The molecule has 0 aliphatic carbocycles. The van der Waals surface area contributed by atoms with Gasteiger partial charge in [-0.05, 0) is 5.41 Å². The lowest BCUT2D eigenvalue weighted by molar-refractivity contribution is -0.120. The van der Waals surface area contributed by atoms with E-state index in [1.54, 1.807) is 0 Å². The fraction of sp³-hybridized carbons (Fsp3) is 0.875. The Balaban J connectivity index is 4.22. The van der Waals surface area contributed by atoms with E-state index in [9.17, 15) is 13.2 Å². The van der Waals surface area contributed by atoms with E-state index < -0.39 is 15.9 Å². The van der Waals surface area contributed by atoms with Gasteiger partial charge in [0.1, 0.15) is 0 Å². The van der Waals surface area contributed by atoms with Gasteiger partial charge in [-0.1, -0.05) is 20.8 Å². The fourth-order valence-electron chi connectivity index (χ4n) is 0.754. The number of rotatable bonds is 3. The number of sulfonamides is 1. The van der Waals surface area contributed by atoms with Crippen LogP contribution in [0.1, 0.15) is 27.2 Å². The van der Waals surface area contributed by atoms with E-state index in [0.29, 0.717) is 0 Å². The summed E-state index contributed by atoms with van der Waals surface area (Å²) in [6, 6.07) is -0.357. The van der Waals surface area contributed by atoms with Crippen molar-refractivity contribution in [2.24, 2.45) is 11.1 Å². The van der Waals surface area contributed by atoms with Gasteiger partial charge in [0.05, 0.1) is 6.26 Å². The molecule has 6 heteroatoms. The van der Waals surface area contributed by atoms with Crippen molar-refractivity contribution in [3.63, 3.8) is 0 Å². The second kappa shape index (κ2) is 4.27. The molecule has 0 aliphatic heterocycles. The minimum atomic E-state index is -3.47. The summed E-state index contributed by atoms with van der Waals surface area (Å²) in [5, 5.41) is 0. The lowest BCUT2D eigenvalue weighted by Gasteiger charge is -2.26. The minimum Gasteiger partial charge on any atom is -0.327 e. The molecule has 1 amide bonds. The molecule has 1 unspecified atom stereocenters. The van der Waals surface area contributed by atoms with Crippen LogP contribution in [-0.4, -0.2) is 26.6 Å². The normalized spacial score (nSPS) is 14.9. The Bertz CT molecular complexity index is 303. The van der Waals surface area contributed by atoms with Gasteiger partial charge in [0.15, 0.2) is 0 Å². The molecule has 0 rings (SSSR count). The SMILES string of the molecule is CC(C)(C)C(N)CC(=O)NS(C)(=O)=O. The topological polar surface area (TPSA) is 89.3 Å². The molecule has 0 aromatic rings. The highest BCUT2D eigenvalue weighted by Crippen LogP contribution is 2.19. The molecule has 14 heavy (non-hydrogen) atoms. The van der Waals surface area contributed by atoms with Crippen LogP contribution in [0.2, 0.25) is 0 Å². The van der Waals surface area contributed by atoms with Crippen LogP contribution >= 0.6 is 0 Å². The summed E-state index contributed by atoms with van der Waals surface area (Å²) in [5.41, 5.74) is 5.50. The van der Waals surface area contributed by atoms with Crippen molar-refractivity contribution < 1.29 is 13.2 Å². The first-order valence-corrected chi connectivity index (χ1v) is 6.18. The van der Waals surface area contributed by atoms with Gasteiger partial charge in [0.25, 0.3) is 0 Å².